The summed E-state index contributed by atoms with van der Waals surface area (Å²) in [5.41, 5.74) is 1.54. The van der Waals surface area contributed by atoms with E-state index < -0.39 is 16.1 Å². The van der Waals surface area contributed by atoms with Crippen molar-refractivity contribution in [3.05, 3.63) is 48.0 Å². The number of fused-ring (bicyclic) bond motifs is 1. The van der Waals surface area contributed by atoms with E-state index in [1.54, 1.807) is 30.0 Å². The summed E-state index contributed by atoms with van der Waals surface area (Å²) in [6.45, 7) is 5.17. The number of anilines is 2. The molecule has 1 fully saturated rings. The lowest BCUT2D eigenvalue weighted by Crippen LogP contribution is -2.44. The van der Waals surface area contributed by atoms with Crippen LogP contribution in [0.25, 0.3) is 0 Å². The highest BCUT2D eigenvalue weighted by Crippen LogP contribution is 2.36. The lowest BCUT2D eigenvalue weighted by Gasteiger charge is -2.32. The molecule has 9 heteroatoms. The van der Waals surface area contributed by atoms with Crippen LogP contribution in [0.3, 0.4) is 0 Å². The Kier molecular flexibility index (Phi) is 5.72. The van der Waals surface area contributed by atoms with Gasteiger partial charge >= 0.3 is 0 Å². The van der Waals surface area contributed by atoms with Gasteiger partial charge in [-0.3, -0.25) is 9.59 Å². The van der Waals surface area contributed by atoms with E-state index in [4.69, 9.17) is 4.74 Å². The molecule has 2 aromatic rings. The molecule has 0 radical (unpaired) electrons. The number of carbonyl (C=O) groups is 2. The van der Waals surface area contributed by atoms with E-state index in [-0.39, 0.29) is 16.7 Å². The SMILES string of the molecule is CCN1C(=O)C(C)Oc2cc(NC(=O)c3ccc(S(=O)(=O)N4CCCC4)cc3)ccc21. The Labute approximate surface area is 181 Å². The Morgan fingerprint density at radius 1 is 1.13 bits per heavy atom. The van der Waals surface area contributed by atoms with E-state index in [0.29, 0.717) is 42.3 Å². The third-order valence-corrected chi connectivity index (χ3v) is 7.47. The minimum absolute atomic E-state index is 0.101. The van der Waals surface area contributed by atoms with Crippen LogP contribution in [0, 0.1) is 0 Å². The molecule has 0 spiro atoms. The van der Waals surface area contributed by atoms with Crippen LogP contribution in [0.2, 0.25) is 0 Å². The quantitative estimate of drug-likeness (QED) is 0.767. The lowest BCUT2D eigenvalue weighted by atomic mass is 10.1. The zero-order valence-corrected chi connectivity index (χ0v) is 18.3. The first-order chi connectivity index (χ1) is 14.8. The van der Waals surface area contributed by atoms with Crippen LogP contribution in [-0.4, -0.2) is 50.3 Å². The van der Waals surface area contributed by atoms with Crippen molar-refractivity contribution in [2.75, 3.05) is 29.9 Å². The van der Waals surface area contributed by atoms with E-state index >= 15 is 0 Å². The van der Waals surface area contributed by atoms with Crippen LogP contribution in [0.4, 0.5) is 11.4 Å². The molecule has 8 nitrogen and oxygen atoms in total. The fraction of sp³-hybridized carbons (Fsp3) is 0.364. The maximum Gasteiger partial charge on any atom is 0.267 e. The van der Waals surface area contributed by atoms with Crippen LogP contribution in [0.5, 0.6) is 5.75 Å². The highest BCUT2D eigenvalue weighted by atomic mass is 32.2. The molecule has 164 valence electrons. The van der Waals surface area contributed by atoms with Gasteiger partial charge in [-0.2, -0.15) is 4.31 Å². The highest BCUT2D eigenvalue weighted by molar-refractivity contribution is 7.89. The Bertz CT molecular complexity index is 1110. The molecule has 2 amide bonds. The van der Waals surface area contributed by atoms with Crippen molar-refractivity contribution in [1.29, 1.82) is 0 Å². The zero-order chi connectivity index (χ0) is 22.2. The van der Waals surface area contributed by atoms with Gasteiger partial charge in [-0.1, -0.05) is 0 Å². The molecule has 2 aliphatic rings. The summed E-state index contributed by atoms with van der Waals surface area (Å²) < 4.78 is 32.4. The van der Waals surface area contributed by atoms with Crippen molar-refractivity contribution in [1.82, 2.24) is 4.31 Å². The van der Waals surface area contributed by atoms with Gasteiger partial charge in [0.05, 0.1) is 10.6 Å². The molecular weight excluding hydrogens is 418 g/mol. The molecule has 1 saturated heterocycles. The maximum atomic E-state index is 12.7. The molecule has 4 rings (SSSR count). The molecule has 0 bridgehead atoms. The normalized spacial score (nSPS) is 19.1. The first-order valence-corrected chi connectivity index (χ1v) is 11.8. The number of sulfonamides is 1. The topological polar surface area (TPSA) is 96.0 Å². The van der Waals surface area contributed by atoms with Gasteiger partial charge in [-0.05, 0) is 63.1 Å². The third kappa shape index (κ3) is 4.03. The number of amides is 2. The largest absolute Gasteiger partial charge is 0.479 e. The molecule has 2 aliphatic heterocycles. The number of nitrogens with one attached hydrogen (secondary N) is 1. The van der Waals surface area contributed by atoms with Gasteiger partial charge in [0, 0.05) is 37.0 Å². The number of benzene rings is 2. The minimum Gasteiger partial charge on any atom is -0.479 e. The van der Waals surface area contributed by atoms with Crippen molar-refractivity contribution in [2.45, 2.75) is 37.7 Å². The fourth-order valence-electron chi connectivity index (χ4n) is 3.87. The summed E-state index contributed by atoms with van der Waals surface area (Å²) in [5, 5.41) is 2.80. The average molecular weight is 444 g/mol. The van der Waals surface area contributed by atoms with Crippen molar-refractivity contribution < 1.29 is 22.7 Å². The van der Waals surface area contributed by atoms with Gasteiger partial charge in [0.2, 0.25) is 10.0 Å². The van der Waals surface area contributed by atoms with Crippen molar-refractivity contribution in [2.24, 2.45) is 0 Å². The first kappa shape index (κ1) is 21.3. The highest BCUT2D eigenvalue weighted by Gasteiger charge is 2.31. The van der Waals surface area contributed by atoms with Crippen LogP contribution >= 0.6 is 0 Å². The van der Waals surface area contributed by atoms with E-state index in [2.05, 4.69) is 5.32 Å². The first-order valence-electron chi connectivity index (χ1n) is 10.3. The van der Waals surface area contributed by atoms with Gasteiger partial charge < -0.3 is 15.0 Å². The summed E-state index contributed by atoms with van der Waals surface area (Å²) in [6, 6.07) is 11.1. The number of rotatable bonds is 5. The number of nitrogens with zero attached hydrogens (tertiary/aromatic N) is 2. The average Bonchev–Trinajstić information content (AvgIpc) is 3.31. The smallest absolute Gasteiger partial charge is 0.267 e. The number of likely N-dealkylation sites (N-methyl/N-ethyl adjacent to an activating group) is 1. The molecule has 2 aromatic carbocycles. The summed E-state index contributed by atoms with van der Waals surface area (Å²) in [5.74, 6) is 0.0620. The zero-order valence-electron chi connectivity index (χ0n) is 17.5. The van der Waals surface area contributed by atoms with Gasteiger partial charge in [0.25, 0.3) is 11.8 Å². The molecular formula is C22H25N3O5S. The van der Waals surface area contributed by atoms with Crippen LogP contribution < -0.4 is 15.0 Å². The van der Waals surface area contributed by atoms with E-state index in [0.717, 1.165) is 12.8 Å². The van der Waals surface area contributed by atoms with Crippen LogP contribution in [-0.2, 0) is 14.8 Å². The monoisotopic (exact) mass is 443 g/mol. The Balaban J connectivity index is 1.50. The number of hydrogen-bond donors (Lipinski definition) is 1. The van der Waals surface area contributed by atoms with Crippen molar-refractivity contribution in [3.8, 4) is 5.75 Å². The standard InChI is InChI=1S/C22H25N3O5S/c1-3-25-19-11-8-17(14-20(19)30-15(2)22(25)27)23-21(26)16-6-9-18(10-7-16)31(28,29)24-12-4-5-13-24/h6-11,14-15H,3-5,12-13H2,1-2H3,(H,23,26). The minimum atomic E-state index is -3.51. The van der Waals surface area contributed by atoms with Gasteiger partial charge in [-0.25, -0.2) is 8.42 Å². The fourth-order valence-corrected chi connectivity index (χ4v) is 5.39. The molecule has 0 aromatic heterocycles. The van der Waals surface area contributed by atoms with Crippen molar-refractivity contribution in [3.63, 3.8) is 0 Å². The number of ether oxygens (including phenoxy) is 1. The number of hydrogen-bond acceptors (Lipinski definition) is 5. The summed E-state index contributed by atoms with van der Waals surface area (Å²) >= 11 is 0. The Hall–Kier alpha value is -2.91. The summed E-state index contributed by atoms with van der Waals surface area (Å²) in [6.07, 6.45) is 1.14. The molecule has 31 heavy (non-hydrogen) atoms. The predicted octanol–water partition coefficient (Wildman–Crippen LogP) is 2.86. The molecule has 0 saturated carbocycles. The summed E-state index contributed by atoms with van der Waals surface area (Å²) in [4.78, 5) is 26.7. The van der Waals surface area contributed by atoms with E-state index in [1.165, 1.54) is 28.6 Å². The predicted molar refractivity (Wildman–Crippen MR) is 117 cm³/mol. The van der Waals surface area contributed by atoms with Crippen LogP contribution in [0.1, 0.15) is 37.0 Å². The third-order valence-electron chi connectivity index (χ3n) is 5.56. The maximum absolute atomic E-state index is 12.7. The van der Waals surface area contributed by atoms with Crippen molar-refractivity contribution >= 4 is 33.2 Å². The summed E-state index contributed by atoms with van der Waals surface area (Å²) in [7, 11) is -3.51. The molecule has 2 heterocycles. The van der Waals surface area contributed by atoms with Crippen LogP contribution in [0.15, 0.2) is 47.4 Å². The lowest BCUT2D eigenvalue weighted by molar-refractivity contribution is -0.125. The van der Waals surface area contributed by atoms with E-state index in [9.17, 15) is 18.0 Å². The van der Waals surface area contributed by atoms with Gasteiger partial charge in [0.1, 0.15) is 5.75 Å². The van der Waals surface area contributed by atoms with E-state index in [1.807, 2.05) is 6.92 Å². The Morgan fingerprint density at radius 3 is 2.45 bits per heavy atom. The molecule has 1 unspecified atom stereocenters. The second kappa shape index (κ2) is 8.32. The second-order valence-electron chi connectivity index (χ2n) is 7.61. The number of carbonyl (C=O) groups excluding carboxylic acids is 2. The molecule has 1 N–H and O–H groups in total. The second-order valence-corrected chi connectivity index (χ2v) is 9.55. The Morgan fingerprint density at radius 2 is 1.81 bits per heavy atom. The molecule has 1 atom stereocenters. The van der Waals surface area contributed by atoms with Gasteiger partial charge in [-0.15, -0.1) is 0 Å². The molecule has 0 aliphatic carbocycles. The van der Waals surface area contributed by atoms with Gasteiger partial charge in [0.15, 0.2) is 6.10 Å².